The Balaban J connectivity index is 2.07. The van der Waals surface area contributed by atoms with Crippen LogP contribution in [0.1, 0.15) is 31.2 Å². The first kappa shape index (κ1) is 9.51. The number of carbonyl (C=O) groups is 2. The minimum atomic E-state index is -0.489. The summed E-state index contributed by atoms with van der Waals surface area (Å²) in [5.74, 6) is 0.291. The van der Waals surface area contributed by atoms with E-state index in [0.29, 0.717) is 25.7 Å². The van der Waals surface area contributed by atoms with Gasteiger partial charge >= 0.3 is 0 Å². The molecule has 0 saturated heterocycles. The van der Waals surface area contributed by atoms with Gasteiger partial charge in [0.05, 0.1) is 5.41 Å². The third-order valence-electron chi connectivity index (χ3n) is 3.68. The van der Waals surface area contributed by atoms with Crippen molar-refractivity contribution in [2.24, 2.45) is 0 Å². The van der Waals surface area contributed by atoms with E-state index in [2.05, 4.69) is 10.3 Å². The number of anilines is 1. The van der Waals surface area contributed by atoms with Gasteiger partial charge in [0, 0.05) is 36.5 Å². The van der Waals surface area contributed by atoms with E-state index in [1.807, 2.05) is 6.07 Å². The molecule has 1 spiro atoms. The number of fused-ring (bicyclic) bond motifs is 2. The molecule has 1 N–H and O–H groups in total. The van der Waals surface area contributed by atoms with E-state index in [9.17, 15) is 9.59 Å². The molecule has 1 aliphatic heterocycles. The summed E-state index contributed by atoms with van der Waals surface area (Å²) in [5.41, 5.74) is 1.33. The summed E-state index contributed by atoms with van der Waals surface area (Å²) in [4.78, 5) is 27.4. The molecular formula is C12H12N2O2. The molecule has 1 aliphatic carbocycles. The summed E-state index contributed by atoms with van der Waals surface area (Å²) < 4.78 is 0. The predicted octanol–water partition coefficient (Wildman–Crippen LogP) is 1.41. The number of rotatable bonds is 0. The zero-order valence-corrected chi connectivity index (χ0v) is 8.82. The lowest BCUT2D eigenvalue weighted by Gasteiger charge is -2.30. The summed E-state index contributed by atoms with van der Waals surface area (Å²) in [7, 11) is 0. The largest absolute Gasteiger partial charge is 0.325 e. The van der Waals surface area contributed by atoms with Gasteiger partial charge in [0.1, 0.15) is 5.78 Å². The Morgan fingerprint density at radius 2 is 2.00 bits per heavy atom. The summed E-state index contributed by atoms with van der Waals surface area (Å²) in [6.45, 7) is 0. The molecule has 1 fully saturated rings. The van der Waals surface area contributed by atoms with Crippen molar-refractivity contribution in [3.63, 3.8) is 0 Å². The van der Waals surface area contributed by atoms with Gasteiger partial charge < -0.3 is 5.32 Å². The average molecular weight is 216 g/mol. The number of ketones is 1. The first-order chi connectivity index (χ1) is 7.72. The predicted molar refractivity (Wildman–Crippen MR) is 58.0 cm³/mol. The van der Waals surface area contributed by atoms with Crippen LogP contribution in [0.25, 0.3) is 0 Å². The SMILES string of the molecule is O=C1CCC2(CC1)C(=O)Nc1ccncc12. The van der Waals surface area contributed by atoms with E-state index in [0.717, 1.165) is 11.3 Å². The normalized spacial score (nSPS) is 22.0. The molecule has 3 rings (SSSR count). The molecular weight excluding hydrogens is 204 g/mol. The second-order valence-corrected chi connectivity index (χ2v) is 4.50. The number of amides is 1. The highest BCUT2D eigenvalue weighted by atomic mass is 16.2. The summed E-state index contributed by atoms with van der Waals surface area (Å²) in [6, 6.07) is 1.82. The Bertz CT molecular complexity index is 472. The van der Waals surface area contributed by atoms with Gasteiger partial charge in [-0.15, -0.1) is 0 Å². The number of Topliss-reactive ketones (excluding diaryl/α,β-unsaturated/α-hetero) is 1. The fourth-order valence-electron chi connectivity index (χ4n) is 2.70. The van der Waals surface area contributed by atoms with Gasteiger partial charge in [-0.05, 0) is 18.9 Å². The van der Waals surface area contributed by atoms with Gasteiger partial charge in [0.2, 0.25) is 5.91 Å². The Morgan fingerprint density at radius 1 is 1.25 bits per heavy atom. The molecule has 2 aliphatic rings. The number of hydrogen-bond donors (Lipinski definition) is 1. The first-order valence-electron chi connectivity index (χ1n) is 5.50. The smallest absolute Gasteiger partial charge is 0.235 e. The van der Waals surface area contributed by atoms with Crippen LogP contribution in [0, 0.1) is 0 Å². The molecule has 16 heavy (non-hydrogen) atoms. The van der Waals surface area contributed by atoms with Crippen molar-refractivity contribution in [1.82, 2.24) is 4.98 Å². The highest BCUT2D eigenvalue weighted by molar-refractivity contribution is 6.07. The summed E-state index contributed by atoms with van der Waals surface area (Å²) >= 11 is 0. The van der Waals surface area contributed by atoms with Gasteiger partial charge in [-0.2, -0.15) is 0 Å². The standard InChI is InChI=1S/C12H12N2O2/c15-8-1-4-12(5-2-8)9-7-13-6-3-10(9)14-11(12)16/h3,6-7H,1-2,4-5H2,(H,14,16). The van der Waals surface area contributed by atoms with Crippen LogP contribution in [0.2, 0.25) is 0 Å². The maximum atomic E-state index is 12.1. The van der Waals surface area contributed by atoms with Crippen molar-refractivity contribution < 1.29 is 9.59 Å². The molecule has 4 nitrogen and oxygen atoms in total. The highest BCUT2D eigenvalue weighted by Crippen LogP contribution is 2.46. The molecule has 1 aromatic heterocycles. The summed E-state index contributed by atoms with van der Waals surface area (Å²) in [5, 5.41) is 2.88. The average Bonchev–Trinajstić information content (AvgIpc) is 2.57. The van der Waals surface area contributed by atoms with Crippen LogP contribution in [0.3, 0.4) is 0 Å². The minimum Gasteiger partial charge on any atom is -0.325 e. The Hall–Kier alpha value is -1.71. The monoisotopic (exact) mass is 216 g/mol. The Labute approximate surface area is 93.1 Å². The molecule has 1 saturated carbocycles. The van der Waals surface area contributed by atoms with Crippen molar-refractivity contribution in [2.45, 2.75) is 31.1 Å². The van der Waals surface area contributed by atoms with Gasteiger partial charge in [0.15, 0.2) is 0 Å². The molecule has 82 valence electrons. The molecule has 0 aromatic carbocycles. The van der Waals surface area contributed by atoms with Crippen LogP contribution in [-0.2, 0) is 15.0 Å². The zero-order valence-electron chi connectivity index (χ0n) is 8.82. The number of nitrogens with zero attached hydrogens (tertiary/aromatic N) is 1. The lowest BCUT2D eigenvalue weighted by molar-refractivity contribution is -0.126. The van der Waals surface area contributed by atoms with Crippen LogP contribution in [-0.4, -0.2) is 16.7 Å². The fraction of sp³-hybridized carbons (Fsp3) is 0.417. The van der Waals surface area contributed by atoms with Gasteiger partial charge in [-0.25, -0.2) is 0 Å². The second kappa shape index (κ2) is 3.14. The molecule has 2 heterocycles. The van der Waals surface area contributed by atoms with E-state index >= 15 is 0 Å². The quantitative estimate of drug-likeness (QED) is 0.713. The van der Waals surface area contributed by atoms with Crippen molar-refractivity contribution in [3.8, 4) is 0 Å². The highest BCUT2D eigenvalue weighted by Gasteiger charge is 2.48. The van der Waals surface area contributed by atoms with E-state index in [4.69, 9.17) is 0 Å². The van der Waals surface area contributed by atoms with E-state index in [-0.39, 0.29) is 11.7 Å². The Morgan fingerprint density at radius 3 is 2.75 bits per heavy atom. The number of nitrogens with one attached hydrogen (secondary N) is 1. The van der Waals surface area contributed by atoms with Crippen LogP contribution in [0.15, 0.2) is 18.5 Å². The molecule has 4 heteroatoms. The van der Waals surface area contributed by atoms with Crippen molar-refractivity contribution in [2.75, 3.05) is 5.32 Å². The summed E-state index contributed by atoms with van der Waals surface area (Å²) in [6.07, 6.45) is 5.67. The van der Waals surface area contributed by atoms with Gasteiger partial charge in [-0.3, -0.25) is 14.6 Å². The number of hydrogen-bond acceptors (Lipinski definition) is 3. The van der Waals surface area contributed by atoms with Crippen LogP contribution < -0.4 is 5.32 Å². The van der Waals surface area contributed by atoms with Gasteiger partial charge in [0.25, 0.3) is 0 Å². The molecule has 1 aromatic rings. The van der Waals surface area contributed by atoms with E-state index in [1.54, 1.807) is 12.4 Å². The van der Waals surface area contributed by atoms with Crippen LogP contribution >= 0.6 is 0 Å². The molecule has 0 radical (unpaired) electrons. The van der Waals surface area contributed by atoms with Crippen LogP contribution in [0.4, 0.5) is 5.69 Å². The molecule has 0 bridgehead atoms. The first-order valence-corrected chi connectivity index (χ1v) is 5.50. The number of pyridine rings is 1. The maximum absolute atomic E-state index is 12.1. The second-order valence-electron chi connectivity index (χ2n) is 4.50. The van der Waals surface area contributed by atoms with Crippen LogP contribution in [0.5, 0.6) is 0 Å². The fourth-order valence-corrected chi connectivity index (χ4v) is 2.70. The third kappa shape index (κ3) is 1.13. The van der Waals surface area contributed by atoms with Crippen molar-refractivity contribution in [1.29, 1.82) is 0 Å². The number of aromatic nitrogens is 1. The molecule has 1 amide bonds. The van der Waals surface area contributed by atoms with Crippen molar-refractivity contribution in [3.05, 3.63) is 24.0 Å². The molecule has 0 unspecified atom stereocenters. The maximum Gasteiger partial charge on any atom is 0.235 e. The lowest BCUT2D eigenvalue weighted by atomic mass is 9.70. The third-order valence-corrected chi connectivity index (χ3v) is 3.68. The Kier molecular flexibility index (Phi) is 1.87. The van der Waals surface area contributed by atoms with Crippen molar-refractivity contribution >= 4 is 17.4 Å². The van der Waals surface area contributed by atoms with E-state index < -0.39 is 5.41 Å². The lowest BCUT2D eigenvalue weighted by Crippen LogP contribution is -2.38. The molecule has 0 atom stereocenters. The minimum absolute atomic E-state index is 0.0306. The topological polar surface area (TPSA) is 59.1 Å². The number of carbonyl (C=O) groups excluding carboxylic acids is 2. The zero-order chi connectivity index (χ0) is 11.2. The van der Waals surface area contributed by atoms with Gasteiger partial charge in [-0.1, -0.05) is 0 Å². The van der Waals surface area contributed by atoms with E-state index in [1.165, 1.54) is 0 Å².